The molecule has 2 N–H and O–H groups in total. The minimum Gasteiger partial charge on any atom is -0.468 e. The van der Waals surface area contributed by atoms with Crippen molar-refractivity contribution in [1.29, 1.82) is 0 Å². The standard InChI is InChI=1S/C18H18N2O7S/c21-17(18(22)20-11-3-4-11)19-9-16(14-2-1-7-25-14)28(23,24)12-5-6-13-15(8-12)27-10-26-13/h1-2,5-8,11,16H,3-4,9-10H2,(H,19,21)(H,20,22)/t16-/m0/s1. The topological polar surface area (TPSA) is 124 Å². The van der Waals surface area contributed by atoms with Crippen LogP contribution in [0, 0.1) is 0 Å². The lowest BCUT2D eigenvalue weighted by Gasteiger charge is -2.17. The second-order valence-corrected chi connectivity index (χ2v) is 8.65. The van der Waals surface area contributed by atoms with Crippen LogP contribution in [0.1, 0.15) is 23.9 Å². The van der Waals surface area contributed by atoms with Gasteiger partial charge in [0.05, 0.1) is 11.2 Å². The van der Waals surface area contributed by atoms with Crippen LogP contribution in [0.4, 0.5) is 0 Å². The normalized spacial score (nSPS) is 16.4. The molecule has 0 radical (unpaired) electrons. The van der Waals surface area contributed by atoms with E-state index >= 15 is 0 Å². The molecule has 0 saturated heterocycles. The van der Waals surface area contributed by atoms with Crippen LogP contribution in [0.5, 0.6) is 11.5 Å². The molecule has 0 bridgehead atoms. The fraction of sp³-hybridized carbons (Fsp3) is 0.333. The zero-order chi connectivity index (χ0) is 19.7. The van der Waals surface area contributed by atoms with E-state index < -0.39 is 26.9 Å². The van der Waals surface area contributed by atoms with Crippen molar-refractivity contribution in [3.63, 3.8) is 0 Å². The highest BCUT2D eigenvalue weighted by atomic mass is 32.2. The van der Waals surface area contributed by atoms with Crippen molar-refractivity contribution >= 4 is 21.7 Å². The number of nitrogens with one attached hydrogen (secondary N) is 2. The molecule has 2 heterocycles. The lowest BCUT2D eigenvalue weighted by molar-refractivity contribution is -0.139. The molecule has 1 aliphatic heterocycles. The third kappa shape index (κ3) is 3.68. The maximum atomic E-state index is 13.2. The first-order valence-electron chi connectivity index (χ1n) is 8.71. The van der Waals surface area contributed by atoms with E-state index in [9.17, 15) is 18.0 Å². The summed E-state index contributed by atoms with van der Waals surface area (Å²) in [5, 5.41) is 3.73. The third-order valence-electron chi connectivity index (χ3n) is 4.47. The number of furan rings is 1. The Bertz CT molecular complexity index is 997. The molecular formula is C18H18N2O7S. The number of carbonyl (C=O) groups is 2. The first-order chi connectivity index (χ1) is 13.4. The van der Waals surface area contributed by atoms with Crippen molar-refractivity contribution in [3.8, 4) is 11.5 Å². The Balaban J connectivity index is 1.55. The van der Waals surface area contributed by atoms with Gasteiger partial charge < -0.3 is 24.5 Å². The molecule has 1 fully saturated rings. The lowest BCUT2D eigenvalue weighted by atomic mass is 10.3. The summed E-state index contributed by atoms with van der Waals surface area (Å²) in [6.45, 7) is -0.298. The summed E-state index contributed by atoms with van der Waals surface area (Å²) in [6, 6.07) is 7.37. The maximum Gasteiger partial charge on any atom is 0.309 e. The Morgan fingerprint density at radius 2 is 1.89 bits per heavy atom. The number of carbonyl (C=O) groups excluding carboxylic acids is 2. The Morgan fingerprint density at radius 3 is 2.61 bits per heavy atom. The molecule has 1 saturated carbocycles. The van der Waals surface area contributed by atoms with E-state index in [1.165, 1.54) is 30.5 Å². The maximum absolute atomic E-state index is 13.2. The molecule has 0 unspecified atom stereocenters. The molecule has 10 heteroatoms. The van der Waals surface area contributed by atoms with Gasteiger partial charge in [-0.2, -0.15) is 0 Å². The minimum atomic E-state index is -3.95. The van der Waals surface area contributed by atoms with E-state index in [1.54, 1.807) is 6.07 Å². The SMILES string of the molecule is O=C(NC[C@@H](c1ccco1)S(=O)(=O)c1ccc2c(c1)OCO2)C(=O)NC1CC1. The Hall–Kier alpha value is -3.01. The molecular weight excluding hydrogens is 388 g/mol. The molecule has 2 aliphatic rings. The Morgan fingerprint density at radius 1 is 1.11 bits per heavy atom. The van der Waals surface area contributed by atoms with Gasteiger partial charge in [0.2, 0.25) is 6.79 Å². The predicted molar refractivity (Wildman–Crippen MR) is 95.4 cm³/mol. The van der Waals surface area contributed by atoms with Crippen molar-refractivity contribution in [3.05, 3.63) is 42.4 Å². The van der Waals surface area contributed by atoms with Gasteiger partial charge in [0, 0.05) is 18.7 Å². The van der Waals surface area contributed by atoms with Gasteiger partial charge in [0.1, 0.15) is 11.0 Å². The van der Waals surface area contributed by atoms with Gasteiger partial charge in [0.15, 0.2) is 21.3 Å². The Kier molecular flexibility index (Phi) is 4.71. The number of hydrogen-bond donors (Lipinski definition) is 2. The highest BCUT2D eigenvalue weighted by molar-refractivity contribution is 7.91. The van der Waals surface area contributed by atoms with Crippen LogP contribution in [0.15, 0.2) is 45.9 Å². The van der Waals surface area contributed by atoms with Gasteiger partial charge in [0.25, 0.3) is 0 Å². The molecule has 28 heavy (non-hydrogen) atoms. The van der Waals surface area contributed by atoms with Gasteiger partial charge in [-0.1, -0.05) is 0 Å². The fourth-order valence-electron chi connectivity index (χ4n) is 2.80. The number of amides is 2. The summed E-state index contributed by atoms with van der Waals surface area (Å²) in [6.07, 6.45) is 3.03. The first-order valence-corrected chi connectivity index (χ1v) is 10.3. The molecule has 2 aromatic rings. The number of sulfone groups is 1. The molecule has 1 atom stereocenters. The summed E-state index contributed by atoms with van der Waals surface area (Å²) in [5.74, 6) is -0.725. The van der Waals surface area contributed by atoms with Crippen molar-refractivity contribution in [2.45, 2.75) is 29.0 Å². The van der Waals surface area contributed by atoms with Crippen LogP contribution in [0.25, 0.3) is 0 Å². The van der Waals surface area contributed by atoms with Crippen LogP contribution < -0.4 is 20.1 Å². The van der Waals surface area contributed by atoms with E-state index in [0.717, 1.165) is 12.8 Å². The summed E-state index contributed by atoms with van der Waals surface area (Å²) in [7, 11) is -3.95. The average molecular weight is 406 g/mol. The molecule has 4 rings (SSSR count). The highest BCUT2D eigenvalue weighted by Crippen LogP contribution is 2.37. The van der Waals surface area contributed by atoms with E-state index in [2.05, 4.69) is 10.6 Å². The molecule has 1 aromatic carbocycles. The monoisotopic (exact) mass is 406 g/mol. The van der Waals surface area contributed by atoms with E-state index in [4.69, 9.17) is 13.9 Å². The number of fused-ring (bicyclic) bond motifs is 1. The Labute approximate surface area is 160 Å². The zero-order valence-electron chi connectivity index (χ0n) is 14.7. The van der Waals surface area contributed by atoms with E-state index in [-0.39, 0.29) is 30.0 Å². The number of ether oxygens (including phenoxy) is 2. The second-order valence-electron chi connectivity index (χ2n) is 6.52. The van der Waals surface area contributed by atoms with Crippen molar-refractivity contribution < 1.29 is 31.9 Å². The third-order valence-corrected chi connectivity index (χ3v) is 6.53. The minimum absolute atomic E-state index is 0.00479. The molecule has 1 aromatic heterocycles. The quantitative estimate of drug-likeness (QED) is 0.684. The van der Waals surface area contributed by atoms with Gasteiger partial charge in [-0.15, -0.1) is 0 Å². The van der Waals surface area contributed by atoms with Gasteiger partial charge >= 0.3 is 11.8 Å². The van der Waals surface area contributed by atoms with E-state index in [1.807, 2.05) is 0 Å². The van der Waals surface area contributed by atoms with Gasteiger partial charge in [-0.05, 0) is 37.1 Å². The highest BCUT2D eigenvalue weighted by Gasteiger charge is 2.34. The molecule has 2 amide bonds. The average Bonchev–Trinajstić information content (AvgIpc) is 3.14. The smallest absolute Gasteiger partial charge is 0.309 e. The number of benzene rings is 1. The summed E-state index contributed by atoms with van der Waals surface area (Å²) < 4.78 is 42.1. The molecule has 1 aliphatic carbocycles. The van der Waals surface area contributed by atoms with Crippen molar-refractivity contribution in [2.24, 2.45) is 0 Å². The van der Waals surface area contributed by atoms with Crippen LogP contribution in [-0.2, 0) is 19.4 Å². The lowest BCUT2D eigenvalue weighted by Crippen LogP contribution is -2.43. The van der Waals surface area contributed by atoms with Crippen molar-refractivity contribution in [2.75, 3.05) is 13.3 Å². The van der Waals surface area contributed by atoms with E-state index in [0.29, 0.717) is 11.5 Å². The van der Waals surface area contributed by atoms with Crippen molar-refractivity contribution in [1.82, 2.24) is 10.6 Å². The predicted octanol–water partition coefficient (Wildman–Crippen LogP) is 0.918. The summed E-state index contributed by atoms with van der Waals surface area (Å²) in [4.78, 5) is 23.8. The largest absolute Gasteiger partial charge is 0.468 e. The second kappa shape index (κ2) is 7.19. The summed E-state index contributed by atoms with van der Waals surface area (Å²) >= 11 is 0. The molecule has 148 valence electrons. The van der Waals surface area contributed by atoms with Gasteiger partial charge in [-0.25, -0.2) is 8.42 Å². The summed E-state index contributed by atoms with van der Waals surface area (Å²) in [5.41, 5.74) is 0. The van der Waals surface area contributed by atoms with Crippen LogP contribution >= 0.6 is 0 Å². The first kappa shape index (κ1) is 18.4. The van der Waals surface area contributed by atoms with Gasteiger partial charge in [-0.3, -0.25) is 9.59 Å². The number of rotatable bonds is 6. The van der Waals surface area contributed by atoms with Crippen LogP contribution in [-0.4, -0.2) is 39.6 Å². The molecule has 9 nitrogen and oxygen atoms in total. The van der Waals surface area contributed by atoms with Crippen LogP contribution in [0.2, 0.25) is 0 Å². The number of hydrogen-bond acceptors (Lipinski definition) is 7. The van der Waals surface area contributed by atoms with Crippen LogP contribution in [0.3, 0.4) is 0 Å². The zero-order valence-corrected chi connectivity index (χ0v) is 15.5. The molecule has 0 spiro atoms. The fourth-order valence-corrected chi connectivity index (χ4v) is 4.40.